The van der Waals surface area contributed by atoms with Gasteiger partial charge in [0, 0.05) is 19.7 Å². The molecule has 0 atom stereocenters. The number of nitrogens with one attached hydrogen (secondary N) is 1. The first-order valence-corrected chi connectivity index (χ1v) is 7.03. The predicted molar refractivity (Wildman–Crippen MR) is 75.7 cm³/mol. The zero-order valence-electron chi connectivity index (χ0n) is 11.6. The topological polar surface area (TPSA) is 32.3 Å². The van der Waals surface area contributed by atoms with E-state index in [-0.39, 0.29) is 12.0 Å². The summed E-state index contributed by atoms with van der Waals surface area (Å²) in [6, 6.07) is 6.89. The van der Waals surface area contributed by atoms with E-state index in [9.17, 15) is 0 Å². The SMILES string of the molecule is CC(C)(CCO)CNCc1ccc2c(c1)CCC2. The van der Waals surface area contributed by atoms with Gasteiger partial charge in [-0.15, -0.1) is 0 Å². The minimum Gasteiger partial charge on any atom is -0.396 e. The van der Waals surface area contributed by atoms with Crippen LogP contribution < -0.4 is 5.32 Å². The molecule has 0 aliphatic heterocycles. The van der Waals surface area contributed by atoms with Crippen molar-refractivity contribution in [2.75, 3.05) is 13.2 Å². The molecule has 1 aromatic carbocycles. The van der Waals surface area contributed by atoms with Crippen molar-refractivity contribution in [3.63, 3.8) is 0 Å². The number of aliphatic hydroxyl groups is 1. The molecule has 1 aliphatic carbocycles. The molecule has 0 radical (unpaired) electrons. The largest absolute Gasteiger partial charge is 0.396 e. The molecule has 1 aromatic rings. The number of aryl methyl sites for hydroxylation is 2. The van der Waals surface area contributed by atoms with Gasteiger partial charge in [0.1, 0.15) is 0 Å². The Morgan fingerprint density at radius 2 is 2.00 bits per heavy atom. The summed E-state index contributed by atoms with van der Waals surface area (Å²) in [6.45, 7) is 6.54. The summed E-state index contributed by atoms with van der Waals surface area (Å²) >= 11 is 0. The molecule has 0 heterocycles. The average Bonchev–Trinajstić information content (AvgIpc) is 2.75. The highest BCUT2D eigenvalue weighted by Crippen LogP contribution is 2.23. The maximum Gasteiger partial charge on any atom is 0.0436 e. The Kier molecular flexibility index (Phi) is 4.41. The maximum absolute atomic E-state index is 9.00. The van der Waals surface area contributed by atoms with E-state index in [4.69, 9.17) is 5.11 Å². The molecule has 2 heteroatoms. The van der Waals surface area contributed by atoms with Crippen molar-refractivity contribution >= 4 is 0 Å². The number of aliphatic hydroxyl groups excluding tert-OH is 1. The number of hydrogen-bond donors (Lipinski definition) is 2. The first-order chi connectivity index (χ1) is 8.61. The molecular formula is C16H25NO. The van der Waals surface area contributed by atoms with Crippen LogP contribution in [-0.2, 0) is 19.4 Å². The molecule has 0 spiro atoms. The van der Waals surface area contributed by atoms with Gasteiger partial charge < -0.3 is 10.4 Å². The quantitative estimate of drug-likeness (QED) is 0.810. The Balaban J connectivity index is 1.84. The van der Waals surface area contributed by atoms with E-state index in [1.54, 1.807) is 11.1 Å². The second-order valence-electron chi connectivity index (χ2n) is 6.20. The Labute approximate surface area is 110 Å². The standard InChI is InChI=1S/C16H25NO/c1-16(2,8-9-18)12-17-11-13-6-7-14-4-3-5-15(14)10-13/h6-7,10,17-18H,3-5,8-9,11-12H2,1-2H3. The second-order valence-corrected chi connectivity index (χ2v) is 6.20. The molecule has 0 bridgehead atoms. The fourth-order valence-corrected chi connectivity index (χ4v) is 2.67. The number of benzene rings is 1. The zero-order valence-corrected chi connectivity index (χ0v) is 11.6. The molecule has 1 aliphatic rings. The van der Waals surface area contributed by atoms with Gasteiger partial charge in [0.05, 0.1) is 0 Å². The van der Waals surface area contributed by atoms with E-state index < -0.39 is 0 Å². The highest BCUT2D eigenvalue weighted by Gasteiger charge is 2.16. The van der Waals surface area contributed by atoms with Crippen LogP contribution in [0.5, 0.6) is 0 Å². The van der Waals surface area contributed by atoms with Crippen molar-refractivity contribution in [2.24, 2.45) is 5.41 Å². The molecule has 0 fully saturated rings. The second kappa shape index (κ2) is 5.85. The summed E-state index contributed by atoms with van der Waals surface area (Å²) in [5, 5.41) is 12.5. The van der Waals surface area contributed by atoms with Crippen LogP contribution in [0.15, 0.2) is 18.2 Å². The lowest BCUT2D eigenvalue weighted by atomic mass is 9.89. The van der Waals surface area contributed by atoms with Crippen LogP contribution in [0.4, 0.5) is 0 Å². The maximum atomic E-state index is 9.00. The van der Waals surface area contributed by atoms with Crippen molar-refractivity contribution in [3.8, 4) is 0 Å². The van der Waals surface area contributed by atoms with E-state index in [2.05, 4.69) is 37.4 Å². The summed E-state index contributed by atoms with van der Waals surface area (Å²) in [4.78, 5) is 0. The molecule has 0 saturated heterocycles. The van der Waals surface area contributed by atoms with Crippen LogP contribution in [0.25, 0.3) is 0 Å². The molecule has 0 amide bonds. The third kappa shape index (κ3) is 3.56. The van der Waals surface area contributed by atoms with Crippen LogP contribution in [0.2, 0.25) is 0 Å². The summed E-state index contributed by atoms with van der Waals surface area (Å²) in [7, 11) is 0. The van der Waals surface area contributed by atoms with Gasteiger partial charge in [0.25, 0.3) is 0 Å². The predicted octanol–water partition coefficient (Wildman–Crippen LogP) is 2.67. The molecular weight excluding hydrogens is 222 g/mol. The highest BCUT2D eigenvalue weighted by molar-refractivity contribution is 5.35. The van der Waals surface area contributed by atoms with Gasteiger partial charge in [-0.2, -0.15) is 0 Å². The lowest BCUT2D eigenvalue weighted by Crippen LogP contribution is -2.29. The summed E-state index contributed by atoms with van der Waals surface area (Å²) < 4.78 is 0. The molecule has 0 aromatic heterocycles. The Hall–Kier alpha value is -0.860. The van der Waals surface area contributed by atoms with E-state index in [1.807, 2.05) is 0 Å². The van der Waals surface area contributed by atoms with E-state index in [0.717, 1.165) is 19.5 Å². The van der Waals surface area contributed by atoms with Crippen molar-refractivity contribution in [3.05, 3.63) is 34.9 Å². The van der Waals surface area contributed by atoms with Crippen molar-refractivity contribution in [2.45, 2.75) is 46.1 Å². The Morgan fingerprint density at radius 3 is 2.78 bits per heavy atom. The first-order valence-electron chi connectivity index (χ1n) is 7.03. The number of fused-ring (bicyclic) bond motifs is 1. The van der Waals surface area contributed by atoms with Gasteiger partial charge in [-0.3, -0.25) is 0 Å². The smallest absolute Gasteiger partial charge is 0.0436 e. The van der Waals surface area contributed by atoms with Crippen LogP contribution in [0.3, 0.4) is 0 Å². The molecule has 2 nitrogen and oxygen atoms in total. The Morgan fingerprint density at radius 1 is 1.22 bits per heavy atom. The van der Waals surface area contributed by atoms with Gasteiger partial charge in [-0.25, -0.2) is 0 Å². The number of hydrogen-bond acceptors (Lipinski definition) is 2. The third-order valence-corrected chi connectivity index (χ3v) is 3.88. The van der Waals surface area contributed by atoms with Crippen LogP contribution >= 0.6 is 0 Å². The molecule has 2 rings (SSSR count). The lowest BCUT2D eigenvalue weighted by Gasteiger charge is -2.24. The van der Waals surface area contributed by atoms with E-state index >= 15 is 0 Å². The lowest BCUT2D eigenvalue weighted by molar-refractivity contribution is 0.207. The zero-order chi connectivity index (χ0) is 13.0. The molecule has 0 unspecified atom stereocenters. The van der Waals surface area contributed by atoms with E-state index in [0.29, 0.717) is 0 Å². The van der Waals surface area contributed by atoms with Gasteiger partial charge in [-0.1, -0.05) is 32.0 Å². The molecule has 0 saturated carbocycles. The molecule has 2 N–H and O–H groups in total. The van der Waals surface area contributed by atoms with Crippen LogP contribution in [0, 0.1) is 5.41 Å². The molecule has 100 valence electrons. The van der Waals surface area contributed by atoms with Gasteiger partial charge >= 0.3 is 0 Å². The summed E-state index contributed by atoms with van der Waals surface area (Å²) in [5.41, 5.74) is 4.64. The normalized spacial score (nSPS) is 14.8. The minimum atomic E-state index is 0.172. The highest BCUT2D eigenvalue weighted by atomic mass is 16.3. The fraction of sp³-hybridized carbons (Fsp3) is 0.625. The Bertz CT molecular complexity index is 398. The van der Waals surface area contributed by atoms with Crippen LogP contribution in [0.1, 0.15) is 43.4 Å². The van der Waals surface area contributed by atoms with Crippen molar-refractivity contribution < 1.29 is 5.11 Å². The third-order valence-electron chi connectivity index (χ3n) is 3.88. The van der Waals surface area contributed by atoms with Crippen molar-refractivity contribution in [1.29, 1.82) is 0 Å². The van der Waals surface area contributed by atoms with Crippen molar-refractivity contribution in [1.82, 2.24) is 5.32 Å². The molecule has 18 heavy (non-hydrogen) atoms. The number of rotatable bonds is 6. The summed E-state index contributed by atoms with van der Waals surface area (Å²) in [6.07, 6.45) is 4.67. The van der Waals surface area contributed by atoms with Crippen LogP contribution in [-0.4, -0.2) is 18.3 Å². The van der Waals surface area contributed by atoms with Gasteiger partial charge in [-0.05, 0) is 47.8 Å². The van der Waals surface area contributed by atoms with Gasteiger partial charge in [0.15, 0.2) is 0 Å². The van der Waals surface area contributed by atoms with E-state index in [1.165, 1.54) is 24.8 Å². The summed E-state index contributed by atoms with van der Waals surface area (Å²) in [5.74, 6) is 0. The fourth-order valence-electron chi connectivity index (χ4n) is 2.67. The average molecular weight is 247 g/mol. The monoisotopic (exact) mass is 247 g/mol. The first kappa shape index (κ1) is 13.6. The minimum absolute atomic E-state index is 0.172. The van der Waals surface area contributed by atoms with Gasteiger partial charge in [0.2, 0.25) is 0 Å².